The zero-order valence-electron chi connectivity index (χ0n) is 12.4. The van der Waals surface area contributed by atoms with Gasteiger partial charge in [-0.15, -0.1) is 0 Å². The van der Waals surface area contributed by atoms with Gasteiger partial charge >= 0.3 is 0 Å². The van der Waals surface area contributed by atoms with Crippen LogP contribution >= 0.6 is 11.3 Å². The molecule has 1 atom stereocenters. The minimum Gasteiger partial charge on any atom is -0.383 e. The summed E-state index contributed by atoms with van der Waals surface area (Å²) >= 11 is 1.25. The van der Waals surface area contributed by atoms with Gasteiger partial charge in [-0.2, -0.15) is 0 Å². The number of nitrogen functional groups attached to an aromatic ring is 1. The summed E-state index contributed by atoms with van der Waals surface area (Å²) in [5.74, 6) is 0.0514. The van der Waals surface area contributed by atoms with Gasteiger partial charge < -0.3 is 25.8 Å². The predicted octanol–water partition coefficient (Wildman–Crippen LogP) is 1.08. The lowest BCUT2D eigenvalue weighted by Crippen LogP contribution is -2.51. The van der Waals surface area contributed by atoms with Crippen LogP contribution in [0.4, 0.5) is 10.9 Å². The number of nitrogens with two attached hydrogens (primary N) is 1. The summed E-state index contributed by atoms with van der Waals surface area (Å²) in [6, 6.07) is 0. The summed E-state index contributed by atoms with van der Waals surface area (Å²) in [4.78, 5) is 16.9. The molecule has 7 nitrogen and oxygen atoms in total. The Bertz CT molecular complexity index is 486. The third-order valence-electron chi connectivity index (χ3n) is 3.30. The van der Waals surface area contributed by atoms with Gasteiger partial charge in [-0.05, 0) is 19.8 Å². The van der Waals surface area contributed by atoms with E-state index in [2.05, 4.69) is 15.6 Å². The van der Waals surface area contributed by atoms with Gasteiger partial charge in [0.15, 0.2) is 5.13 Å². The molecule has 8 heteroatoms. The first-order valence-electron chi connectivity index (χ1n) is 6.93. The molecular formula is C13H22N4O3S. The number of anilines is 2. The molecule has 0 spiro atoms. The second-order valence-corrected chi connectivity index (χ2v) is 6.32. The largest absolute Gasteiger partial charge is 0.383 e. The van der Waals surface area contributed by atoms with Crippen molar-refractivity contribution in [3.8, 4) is 0 Å². The number of thiazole rings is 1. The highest BCUT2D eigenvalue weighted by molar-refractivity contribution is 7.18. The summed E-state index contributed by atoms with van der Waals surface area (Å²) in [5, 5.41) is 6.70. The molecule has 1 fully saturated rings. The van der Waals surface area contributed by atoms with Crippen LogP contribution in [0.5, 0.6) is 0 Å². The topological polar surface area (TPSA) is 98.5 Å². The van der Waals surface area contributed by atoms with E-state index in [-0.39, 0.29) is 17.3 Å². The van der Waals surface area contributed by atoms with E-state index >= 15 is 0 Å². The van der Waals surface area contributed by atoms with Crippen molar-refractivity contribution in [3.05, 3.63) is 4.88 Å². The summed E-state index contributed by atoms with van der Waals surface area (Å²) < 4.78 is 10.4. The van der Waals surface area contributed by atoms with Gasteiger partial charge in [0.1, 0.15) is 10.7 Å². The number of aromatic nitrogens is 1. The van der Waals surface area contributed by atoms with Crippen LogP contribution in [0, 0.1) is 0 Å². The normalized spacial score (nSPS) is 22.0. The van der Waals surface area contributed by atoms with Crippen molar-refractivity contribution in [1.82, 2.24) is 10.3 Å². The summed E-state index contributed by atoms with van der Waals surface area (Å²) in [7, 11) is 1.63. The molecule has 1 aliphatic rings. The molecule has 1 aliphatic heterocycles. The van der Waals surface area contributed by atoms with Crippen molar-refractivity contribution < 1.29 is 14.3 Å². The Labute approximate surface area is 128 Å². The fraction of sp³-hybridized carbons (Fsp3) is 0.692. The predicted molar refractivity (Wildman–Crippen MR) is 82.8 cm³/mol. The molecule has 1 saturated heterocycles. The van der Waals surface area contributed by atoms with E-state index in [1.807, 2.05) is 6.92 Å². The lowest BCUT2D eigenvalue weighted by molar-refractivity contribution is 0.0274. The van der Waals surface area contributed by atoms with E-state index in [0.717, 1.165) is 19.4 Å². The van der Waals surface area contributed by atoms with Crippen LogP contribution in [0.1, 0.15) is 29.4 Å². The van der Waals surface area contributed by atoms with E-state index in [0.29, 0.717) is 29.8 Å². The number of carbonyl (C=O) groups excluding carboxylic acids is 1. The Balaban J connectivity index is 1.98. The van der Waals surface area contributed by atoms with Crippen LogP contribution in [-0.2, 0) is 9.47 Å². The lowest BCUT2D eigenvalue weighted by Gasteiger charge is -2.34. The van der Waals surface area contributed by atoms with Gasteiger partial charge in [0, 0.05) is 20.3 Å². The number of nitrogens with one attached hydrogen (secondary N) is 2. The fourth-order valence-electron chi connectivity index (χ4n) is 2.19. The standard InChI is InChI=1S/C13H22N4O3S/c1-13(4-3-6-20-8-13)17-11(18)9-10(14)16-12(21-9)15-5-7-19-2/h3-8,14H2,1-2H3,(H,15,16)(H,17,18). The third-order valence-corrected chi connectivity index (χ3v) is 4.32. The molecule has 1 aromatic heterocycles. The highest BCUT2D eigenvalue weighted by Gasteiger charge is 2.31. The maximum absolute atomic E-state index is 12.4. The minimum atomic E-state index is -0.338. The first kappa shape index (κ1) is 16.0. The molecular weight excluding hydrogens is 292 g/mol. The van der Waals surface area contributed by atoms with Crippen LogP contribution in [0.3, 0.4) is 0 Å². The molecule has 1 unspecified atom stereocenters. The van der Waals surface area contributed by atoms with Gasteiger partial charge in [-0.3, -0.25) is 4.79 Å². The van der Waals surface area contributed by atoms with Crippen LogP contribution in [0.2, 0.25) is 0 Å². The van der Waals surface area contributed by atoms with E-state index in [1.165, 1.54) is 11.3 Å². The molecule has 1 amide bonds. The molecule has 2 rings (SSSR count). The Morgan fingerprint density at radius 2 is 2.43 bits per heavy atom. The molecule has 0 saturated carbocycles. The van der Waals surface area contributed by atoms with Gasteiger partial charge in [-0.1, -0.05) is 11.3 Å². The average molecular weight is 314 g/mol. The Kier molecular flexibility index (Phi) is 5.38. The maximum Gasteiger partial charge on any atom is 0.265 e. The minimum absolute atomic E-state index is 0.196. The summed E-state index contributed by atoms with van der Waals surface area (Å²) in [6.07, 6.45) is 1.84. The second kappa shape index (κ2) is 7.06. The molecule has 21 heavy (non-hydrogen) atoms. The fourth-order valence-corrected chi connectivity index (χ4v) is 3.00. The van der Waals surface area contributed by atoms with Crippen molar-refractivity contribution in [2.45, 2.75) is 25.3 Å². The second-order valence-electron chi connectivity index (χ2n) is 5.32. The molecule has 4 N–H and O–H groups in total. The van der Waals surface area contributed by atoms with Gasteiger partial charge in [0.05, 0.1) is 18.8 Å². The number of amides is 1. The van der Waals surface area contributed by atoms with Crippen LogP contribution in [-0.4, -0.2) is 49.9 Å². The number of hydrogen-bond acceptors (Lipinski definition) is 7. The monoisotopic (exact) mass is 314 g/mol. The van der Waals surface area contributed by atoms with Crippen molar-refractivity contribution >= 4 is 28.2 Å². The Morgan fingerprint density at radius 3 is 3.10 bits per heavy atom. The van der Waals surface area contributed by atoms with Crippen molar-refractivity contribution in [1.29, 1.82) is 0 Å². The molecule has 0 bridgehead atoms. The number of ether oxygens (including phenoxy) is 2. The first-order valence-corrected chi connectivity index (χ1v) is 7.75. The Morgan fingerprint density at radius 1 is 1.62 bits per heavy atom. The molecule has 0 radical (unpaired) electrons. The van der Waals surface area contributed by atoms with Crippen molar-refractivity contribution in [3.63, 3.8) is 0 Å². The van der Waals surface area contributed by atoms with E-state index < -0.39 is 0 Å². The zero-order valence-corrected chi connectivity index (χ0v) is 13.2. The summed E-state index contributed by atoms with van der Waals surface area (Å²) in [5.41, 5.74) is 5.49. The van der Waals surface area contributed by atoms with Crippen molar-refractivity contribution in [2.75, 3.05) is 44.5 Å². The number of methoxy groups -OCH3 is 1. The number of rotatable bonds is 6. The van der Waals surface area contributed by atoms with E-state index in [9.17, 15) is 4.79 Å². The van der Waals surface area contributed by atoms with Crippen LogP contribution in [0.25, 0.3) is 0 Å². The SMILES string of the molecule is COCCNc1nc(N)c(C(=O)NC2(C)CCCOC2)s1. The highest BCUT2D eigenvalue weighted by atomic mass is 32.1. The molecule has 0 aromatic carbocycles. The smallest absolute Gasteiger partial charge is 0.265 e. The van der Waals surface area contributed by atoms with Gasteiger partial charge in [0.25, 0.3) is 5.91 Å². The zero-order chi connectivity index (χ0) is 15.3. The third kappa shape index (κ3) is 4.29. The Hall–Kier alpha value is -1.38. The highest BCUT2D eigenvalue weighted by Crippen LogP contribution is 2.26. The molecule has 0 aliphatic carbocycles. The molecule has 118 valence electrons. The number of carbonyl (C=O) groups is 1. The number of hydrogen-bond donors (Lipinski definition) is 3. The van der Waals surface area contributed by atoms with Crippen molar-refractivity contribution in [2.24, 2.45) is 0 Å². The lowest BCUT2D eigenvalue weighted by atomic mass is 9.95. The van der Waals surface area contributed by atoms with Crippen LogP contribution in [0.15, 0.2) is 0 Å². The molecule has 2 heterocycles. The van der Waals surface area contributed by atoms with Gasteiger partial charge in [0.2, 0.25) is 0 Å². The maximum atomic E-state index is 12.4. The first-order chi connectivity index (χ1) is 10.0. The quantitative estimate of drug-likeness (QED) is 0.680. The van der Waals surface area contributed by atoms with Crippen LogP contribution < -0.4 is 16.4 Å². The number of nitrogens with zero attached hydrogens (tertiary/aromatic N) is 1. The van der Waals surface area contributed by atoms with E-state index in [1.54, 1.807) is 7.11 Å². The van der Waals surface area contributed by atoms with E-state index in [4.69, 9.17) is 15.2 Å². The molecule has 1 aromatic rings. The summed E-state index contributed by atoms with van der Waals surface area (Å²) in [6.45, 7) is 4.45. The van der Waals surface area contributed by atoms with Gasteiger partial charge in [-0.25, -0.2) is 4.98 Å². The average Bonchev–Trinajstić information content (AvgIpc) is 2.81.